The molecule has 3 rings (SSSR count). The van der Waals surface area contributed by atoms with Gasteiger partial charge in [0.25, 0.3) is 0 Å². The number of halogens is 1. The molecule has 0 radical (unpaired) electrons. The zero-order valence-corrected chi connectivity index (χ0v) is 13.5. The van der Waals surface area contributed by atoms with E-state index in [9.17, 15) is 9.50 Å². The third kappa shape index (κ3) is 3.55. The summed E-state index contributed by atoms with van der Waals surface area (Å²) in [4.78, 5) is 6.52. The number of aliphatic hydroxyl groups is 1. The molecule has 24 heavy (non-hydrogen) atoms. The third-order valence-electron chi connectivity index (χ3n) is 4.69. The molecule has 2 aromatic rings. The van der Waals surface area contributed by atoms with Gasteiger partial charge in [0.2, 0.25) is 0 Å². The Balaban J connectivity index is 1.78. The van der Waals surface area contributed by atoms with Crippen molar-refractivity contribution in [3.63, 3.8) is 0 Å². The van der Waals surface area contributed by atoms with Gasteiger partial charge in [0.15, 0.2) is 0 Å². The van der Waals surface area contributed by atoms with E-state index in [-0.39, 0.29) is 17.8 Å². The molecule has 0 amide bonds. The Labute approximate surface area is 141 Å². The van der Waals surface area contributed by atoms with Gasteiger partial charge in [0.1, 0.15) is 17.7 Å². The maximum Gasteiger partial charge on any atom is 0.128 e. The van der Waals surface area contributed by atoms with E-state index in [0.717, 1.165) is 30.8 Å². The number of hydrogen-bond acceptors (Lipinski definition) is 4. The number of aliphatic hydroxyl groups excluding tert-OH is 1. The summed E-state index contributed by atoms with van der Waals surface area (Å²) in [7, 11) is 0. The Morgan fingerprint density at radius 1 is 1.25 bits per heavy atom. The van der Waals surface area contributed by atoms with Crippen LogP contribution in [0, 0.1) is 22.6 Å². The highest BCUT2D eigenvalue weighted by Gasteiger charge is 2.35. The lowest BCUT2D eigenvalue weighted by molar-refractivity contribution is 0.105. The molecule has 1 fully saturated rings. The zero-order chi connectivity index (χ0) is 17.0. The van der Waals surface area contributed by atoms with Gasteiger partial charge in [-0.1, -0.05) is 12.1 Å². The number of aromatic nitrogens is 1. The highest BCUT2D eigenvalue weighted by molar-refractivity contribution is 5.42. The SMILES string of the molecule is N#Cc1ccc(N2CCCC(CO)(Cc3ccc(F)cc3)C2)nc1. The topological polar surface area (TPSA) is 60.2 Å². The predicted octanol–water partition coefficient (Wildman–Crippen LogP) is 2.91. The number of piperidine rings is 1. The second-order valence-electron chi connectivity index (χ2n) is 6.50. The van der Waals surface area contributed by atoms with Crippen molar-refractivity contribution in [2.75, 3.05) is 24.6 Å². The van der Waals surface area contributed by atoms with Crippen LogP contribution in [0.2, 0.25) is 0 Å². The molecule has 1 N–H and O–H groups in total. The Bertz CT molecular complexity index is 724. The van der Waals surface area contributed by atoms with Crippen LogP contribution in [0.4, 0.5) is 10.2 Å². The van der Waals surface area contributed by atoms with Gasteiger partial charge < -0.3 is 10.0 Å². The maximum absolute atomic E-state index is 13.1. The van der Waals surface area contributed by atoms with Gasteiger partial charge in [-0.2, -0.15) is 5.26 Å². The average Bonchev–Trinajstić information content (AvgIpc) is 2.64. The van der Waals surface area contributed by atoms with Gasteiger partial charge in [-0.05, 0) is 49.1 Å². The molecular weight excluding hydrogens is 305 g/mol. The van der Waals surface area contributed by atoms with E-state index >= 15 is 0 Å². The molecule has 1 aliphatic heterocycles. The number of benzene rings is 1. The van der Waals surface area contributed by atoms with Crippen LogP contribution in [0.5, 0.6) is 0 Å². The van der Waals surface area contributed by atoms with Crippen LogP contribution in [-0.2, 0) is 6.42 Å². The van der Waals surface area contributed by atoms with Crippen molar-refractivity contribution in [2.24, 2.45) is 5.41 Å². The van der Waals surface area contributed by atoms with Crippen LogP contribution in [0.3, 0.4) is 0 Å². The summed E-state index contributed by atoms with van der Waals surface area (Å²) in [6.45, 7) is 1.65. The quantitative estimate of drug-likeness (QED) is 0.939. The number of anilines is 1. The molecule has 2 heterocycles. The molecule has 124 valence electrons. The molecule has 1 aliphatic rings. The van der Waals surface area contributed by atoms with Crippen LogP contribution in [0.15, 0.2) is 42.6 Å². The van der Waals surface area contributed by atoms with Gasteiger partial charge in [-0.3, -0.25) is 0 Å². The predicted molar refractivity (Wildman–Crippen MR) is 90.0 cm³/mol. The minimum Gasteiger partial charge on any atom is -0.396 e. The van der Waals surface area contributed by atoms with Gasteiger partial charge in [0, 0.05) is 24.7 Å². The number of nitriles is 1. The molecule has 0 saturated carbocycles. The Morgan fingerprint density at radius 3 is 2.67 bits per heavy atom. The van der Waals surface area contributed by atoms with Crippen molar-refractivity contribution in [3.05, 3.63) is 59.5 Å². The third-order valence-corrected chi connectivity index (χ3v) is 4.69. The summed E-state index contributed by atoms with van der Waals surface area (Å²) in [5.74, 6) is 0.578. The molecule has 1 aromatic heterocycles. The summed E-state index contributed by atoms with van der Waals surface area (Å²) < 4.78 is 13.1. The van der Waals surface area contributed by atoms with E-state index in [2.05, 4.69) is 16.0 Å². The van der Waals surface area contributed by atoms with Gasteiger partial charge >= 0.3 is 0 Å². The first-order valence-corrected chi connectivity index (χ1v) is 8.11. The summed E-state index contributed by atoms with van der Waals surface area (Å²) in [5.41, 5.74) is 1.31. The van der Waals surface area contributed by atoms with E-state index < -0.39 is 0 Å². The standard InChI is InChI=1S/C19H20FN3O/c20-17-5-2-15(3-6-17)10-19(14-24)8-1-9-23(13-19)18-7-4-16(11-21)12-22-18/h2-7,12,24H,1,8-10,13-14H2. The lowest BCUT2D eigenvalue weighted by atomic mass is 9.75. The van der Waals surface area contributed by atoms with Crippen molar-refractivity contribution in [1.82, 2.24) is 4.98 Å². The van der Waals surface area contributed by atoms with E-state index in [0.29, 0.717) is 18.5 Å². The molecule has 1 unspecified atom stereocenters. The van der Waals surface area contributed by atoms with E-state index in [4.69, 9.17) is 5.26 Å². The normalized spacial score (nSPS) is 20.6. The first kappa shape index (κ1) is 16.4. The highest BCUT2D eigenvalue weighted by atomic mass is 19.1. The van der Waals surface area contributed by atoms with Crippen LogP contribution in [0.1, 0.15) is 24.0 Å². The Hall–Kier alpha value is -2.45. The van der Waals surface area contributed by atoms with Crippen LogP contribution >= 0.6 is 0 Å². The van der Waals surface area contributed by atoms with Crippen LogP contribution in [0.25, 0.3) is 0 Å². The molecule has 0 aliphatic carbocycles. The zero-order valence-electron chi connectivity index (χ0n) is 13.5. The van der Waals surface area contributed by atoms with Crippen molar-refractivity contribution in [3.8, 4) is 6.07 Å². The molecule has 1 atom stereocenters. The highest BCUT2D eigenvalue weighted by Crippen LogP contribution is 2.35. The van der Waals surface area contributed by atoms with Gasteiger partial charge in [-0.15, -0.1) is 0 Å². The number of nitrogens with zero attached hydrogens (tertiary/aromatic N) is 3. The fourth-order valence-corrected chi connectivity index (χ4v) is 3.41. The molecule has 1 saturated heterocycles. The van der Waals surface area contributed by atoms with Crippen LogP contribution < -0.4 is 4.90 Å². The van der Waals surface area contributed by atoms with Crippen molar-refractivity contribution < 1.29 is 9.50 Å². The second-order valence-corrected chi connectivity index (χ2v) is 6.50. The van der Waals surface area contributed by atoms with Gasteiger partial charge in [-0.25, -0.2) is 9.37 Å². The molecule has 0 bridgehead atoms. The number of pyridine rings is 1. The smallest absolute Gasteiger partial charge is 0.128 e. The second kappa shape index (κ2) is 6.98. The average molecular weight is 325 g/mol. The van der Waals surface area contributed by atoms with Crippen molar-refractivity contribution >= 4 is 5.82 Å². The van der Waals surface area contributed by atoms with Crippen LogP contribution in [-0.4, -0.2) is 29.8 Å². The first-order valence-electron chi connectivity index (χ1n) is 8.11. The first-order chi connectivity index (χ1) is 11.6. The lowest BCUT2D eigenvalue weighted by Crippen LogP contribution is -2.47. The monoisotopic (exact) mass is 325 g/mol. The fourth-order valence-electron chi connectivity index (χ4n) is 3.41. The largest absolute Gasteiger partial charge is 0.396 e. The molecular formula is C19H20FN3O. The molecule has 0 spiro atoms. The van der Waals surface area contributed by atoms with E-state index in [1.807, 2.05) is 6.07 Å². The fraction of sp³-hybridized carbons (Fsp3) is 0.368. The summed E-state index contributed by atoms with van der Waals surface area (Å²) in [6, 6.07) is 12.2. The number of hydrogen-bond donors (Lipinski definition) is 1. The maximum atomic E-state index is 13.1. The van der Waals surface area contributed by atoms with Gasteiger partial charge in [0.05, 0.1) is 12.2 Å². The van der Waals surface area contributed by atoms with E-state index in [1.165, 1.54) is 12.1 Å². The van der Waals surface area contributed by atoms with Crippen molar-refractivity contribution in [1.29, 1.82) is 5.26 Å². The Morgan fingerprint density at radius 2 is 2.04 bits per heavy atom. The Kier molecular flexibility index (Phi) is 4.77. The molecule has 5 heteroatoms. The lowest BCUT2D eigenvalue weighted by Gasteiger charge is -2.42. The van der Waals surface area contributed by atoms with E-state index in [1.54, 1.807) is 24.4 Å². The summed E-state index contributed by atoms with van der Waals surface area (Å²) in [5, 5.41) is 18.9. The minimum atomic E-state index is -0.258. The molecule has 1 aromatic carbocycles. The summed E-state index contributed by atoms with van der Waals surface area (Å²) >= 11 is 0. The minimum absolute atomic E-state index is 0.0805. The molecule has 4 nitrogen and oxygen atoms in total. The van der Waals surface area contributed by atoms with Crippen molar-refractivity contribution in [2.45, 2.75) is 19.3 Å². The summed E-state index contributed by atoms with van der Waals surface area (Å²) in [6.07, 6.45) is 4.16. The number of rotatable bonds is 4.